The second-order valence-electron chi connectivity index (χ2n) is 5.50. The molecule has 1 aliphatic carbocycles. The Balaban J connectivity index is 1.73. The molecule has 98 valence electrons. The van der Waals surface area contributed by atoms with Gasteiger partial charge in [0.15, 0.2) is 0 Å². The maximum atomic E-state index is 13.0. The number of hydrogen-bond acceptors (Lipinski definition) is 2. The number of ether oxygens (including phenoxy) is 1. The molecule has 1 aliphatic heterocycles. The molecule has 1 saturated carbocycles. The number of rotatable bonds is 4. The second kappa shape index (κ2) is 4.98. The van der Waals surface area contributed by atoms with Gasteiger partial charge in [0.05, 0.1) is 6.10 Å². The predicted octanol–water partition coefficient (Wildman–Crippen LogP) is 3.04. The second-order valence-corrected chi connectivity index (χ2v) is 5.50. The van der Waals surface area contributed by atoms with Gasteiger partial charge in [-0.25, -0.2) is 4.39 Å². The molecule has 3 atom stereocenters. The minimum Gasteiger partial charge on any atom is -0.377 e. The zero-order chi connectivity index (χ0) is 12.5. The summed E-state index contributed by atoms with van der Waals surface area (Å²) < 4.78 is 18.6. The number of benzene rings is 1. The van der Waals surface area contributed by atoms with Crippen LogP contribution in [0.3, 0.4) is 0 Å². The molecular formula is C15H20FNO. The molecule has 18 heavy (non-hydrogen) atoms. The van der Waals surface area contributed by atoms with Crippen LogP contribution < -0.4 is 5.32 Å². The van der Waals surface area contributed by atoms with Gasteiger partial charge in [0, 0.05) is 18.7 Å². The fraction of sp³-hybridized carbons (Fsp3) is 0.600. The van der Waals surface area contributed by atoms with E-state index in [2.05, 4.69) is 12.2 Å². The highest BCUT2D eigenvalue weighted by Crippen LogP contribution is 2.41. The van der Waals surface area contributed by atoms with Crippen molar-refractivity contribution in [1.29, 1.82) is 0 Å². The largest absolute Gasteiger partial charge is 0.377 e. The van der Waals surface area contributed by atoms with Crippen LogP contribution in [-0.4, -0.2) is 18.8 Å². The molecular weight excluding hydrogens is 229 g/mol. The van der Waals surface area contributed by atoms with E-state index in [9.17, 15) is 4.39 Å². The third-order valence-electron chi connectivity index (χ3n) is 4.09. The minimum absolute atomic E-state index is 0.161. The van der Waals surface area contributed by atoms with Crippen molar-refractivity contribution in [3.8, 4) is 0 Å². The first-order valence-electron chi connectivity index (χ1n) is 6.87. The first-order valence-corrected chi connectivity index (χ1v) is 6.87. The smallest absolute Gasteiger partial charge is 0.123 e. The van der Waals surface area contributed by atoms with Crippen LogP contribution in [0.4, 0.5) is 4.39 Å². The van der Waals surface area contributed by atoms with Crippen LogP contribution in [0, 0.1) is 11.7 Å². The molecule has 1 aromatic rings. The van der Waals surface area contributed by atoms with E-state index in [1.165, 1.54) is 18.4 Å². The van der Waals surface area contributed by atoms with Crippen molar-refractivity contribution in [2.75, 3.05) is 6.61 Å². The van der Waals surface area contributed by atoms with Crippen LogP contribution in [0.5, 0.6) is 0 Å². The predicted molar refractivity (Wildman–Crippen MR) is 68.8 cm³/mol. The topological polar surface area (TPSA) is 21.3 Å². The molecule has 1 heterocycles. The lowest BCUT2D eigenvalue weighted by molar-refractivity contribution is 0.110. The third-order valence-corrected chi connectivity index (χ3v) is 4.09. The van der Waals surface area contributed by atoms with Gasteiger partial charge >= 0.3 is 0 Å². The van der Waals surface area contributed by atoms with Gasteiger partial charge in [-0.3, -0.25) is 0 Å². The molecule has 2 aliphatic rings. The van der Waals surface area contributed by atoms with E-state index in [1.807, 2.05) is 12.1 Å². The Morgan fingerprint density at radius 2 is 1.94 bits per heavy atom. The van der Waals surface area contributed by atoms with Gasteiger partial charge in [-0.05, 0) is 49.8 Å². The Morgan fingerprint density at radius 3 is 2.50 bits per heavy atom. The van der Waals surface area contributed by atoms with Gasteiger partial charge in [-0.1, -0.05) is 12.1 Å². The molecule has 1 aromatic carbocycles. The molecule has 0 spiro atoms. The molecule has 3 heteroatoms. The molecule has 1 saturated heterocycles. The van der Waals surface area contributed by atoms with E-state index in [4.69, 9.17) is 4.74 Å². The molecule has 0 amide bonds. The van der Waals surface area contributed by atoms with Gasteiger partial charge in [0.1, 0.15) is 5.82 Å². The molecule has 0 aromatic heterocycles. The Labute approximate surface area is 108 Å². The van der Waals surface area contributed by atoms with Gasteiger partial charge in [-0.15, -0.1) is 0 Å². The first kappa shape index (κ1) is 12.1. The zero-order valence-electron chi connectivity index (χ0n) is 10.7. The normalized spacial score (nSPS) is 29.4. The van der Waals surface area contributed by atoms with Gasteiger partial charge in [0.25, 0.3) is 0 Å². The zero-order valence-corrected chi connectivity index (χ0v) is 10.7. The molecule has 0 radical (unpaired) electrons. The van der Waals surface area contributed by atoms with Crippen molar-refractivity contribution in [2.24, 2.45) is 5.92 Å². The summed E-state index contributed by atoms with van der Waals surface area (Å²) >= 11 is 0. The quantitative estimate of drug-likeness (QED) is 0.885. The standard InChI is InChI=1S/C15H20FNO/c1-10-14(8-9-18-10)17-15(11-2-3-11)12-4-6-13(16)7-5-12/h4-7,10-11,14-15,17H,2-3,8-9H2,1H3. The average molecular weight is 249 g/mol. The molecule has 2 nitrogen and oxygen atoms in total. The van der Waals surface area contributed by atoms with E-state index >= 15 is 0 Å². The lowest BCUT2D eigenvalue weighted by Crippen LogP contribution is -2.38. The van der Waals surface area contributed by atoms with Gasteiger partial charge in [0.2, 0.25) is 0 Å². The summed E-state index contributed by atoms with van der Waals surface area (Å²) in [5.74, 6) is 0.550. The minimum atomic E-state index is -0.161. The van der Waals surface area contributed by atoms with Crippen molar-refractivity contribution in [2.45, 2.75) is 44.4 Å². The van der Waals surface area contributed by atoms with E-state index in [0.29, 0.717) is 18.0 Å². The molecule has 1 N–H and O–H groups in total. The van der Waals surface area contributed by atoms with Crippen molar-refractivity contribution >= 4 is 0 Å². The van der Waals surface area contributed by atoms with E-state index < -0.39 is 0 Å². The van der Waals surface area contributed by atoms with E-state index in [1.54, 1.807) is 12.1 Å². The SMILES string of the molecule is CC1OCCC1NC(c1ccc(F)cc1)C1CC1. The number of nitrogens with one attached hydrogen (secondary N) is 1. The Morgan fingerprint density at radius 1 is 1.22 bits per heavy atom. The van der Waals surface area contributed by atoms with E-state index in [-0.39, 0.29) is 11.9 Å². The number of hydrogen-bond donors (Lipinski definition) is 1. The van der Waals surface area contributed by atoms with Gasteiger partial charge in [-0.2, -0.15) is 0 Å². The maximum absolute atomic E-state index is 13.0. The van der Waals surface area contributed by atoms with Crippen molar-refractivity contribution < 1.29 is 9.13 Å². The van der Waals surface area contributed by atoms with E-state index in [0.717, 1.165) is 13.0 Å². The summed E-state index contributed by atoms with van der Waals surface area (Å²) in [6.07, 6.45) is 3.91. The van der Waals surface area contributed by atoms with Crippen LogP contribution in [0.25, 0.3) is 0 Å². The summed E-state index contributed by atoms with van der Waals surface area (Å²) in [7, 11) is 0. The fourth-order valence-corrected chi connectivity index (χ4v) is 2.79. The first-order chi connectivity index (χ1) is 8.74. The lowest BCUT2D eigenvalue weighted by atomic mass is 10.00. The van der Waals surface area contributed by atoms with Crippen molar-refractivity contribution in [3.63, 3.8) is 0 Å². The summed E-state index contributed by atoms with van der Waals surface area (Å²) in [5.41, 5.74) is 1.21. The number of halogens is 1. The molecule has 2 fully saturated rings. The highest BCUT2D eigenvalue weighted by Gasteiger charge is 2.35. The van der Waals surface area contributed by atoms with Crippen LogP contribution >= 0.6 is 0 Å². The highest BCUT2D eigenvalue weighted by atomic mass is 19.1. The summed E-state index contributed by atoms with van der Waals surface area (Å²) in [5, 5.41) is 3.72. The lowest BCUT2D eigenvalue weighted by Gasteiger charge is -2.25. The van der Waals surface area contributed by atoms with Crippen LogP contribution in [0.2, 0.25) is 0 Å². The van der Waals surface area contributed by atoms with Gasteiger partial charge < -0.3 is 10.1 Å². The molecule has 0 bridgehead atoms. The summed E-state index contributed by atoms with van der Waals surface area (Å²) in [6, 6.07) is 7.72. The summed E-state index contributed by atoms with van der Waals surface area (Å²) in [4.78, 5) is 0. The Hall–Kier alpha value is -0.930. The van der Waals surface area contributed by atoms with Crippen molar-refractivity contribution in [1.82, 2.24) is 5.32 Å². The van der Waals surface area contributed by atoms with Crippen LogP contribution in [0.15, 0.2) is 24.3 Å². The fourth-order valence-electron chi connectivity index (χ4n) is 2.79. The third kappa shape index (κ3) is 2.57. The Bertz CT molecular complexity index is 401. The average Bonchev–Trinajstić information content (AvgIpc) is 3.12. The monoisotopic (exact) mass is 249 g/mol. The Kier molecular flexibility index (Phi) is 3.35. The maximum Gasteiger partial charge on any atom is 0.123 e. The highest BCUT2D eigenvalue weighted by molar-refractivity contribution is 5.22. The molecule has 3 rings (SSSR count). The summed E-state index contributed by atoms with van der Waals surface area (Å²) in [6.45, 7) is 2.97. The van der Waals surface area contributed by atoms with Crippen molar-refractivity contribution in [3.05, 3.63) is 35.6 Å². The van der Waals surface area contributed by atoms with Crippen LogP contribution in [-0.2, 0) is 4.74 Å². The van der Waals surface area contributed by atoms with Crippen LogP contribution in [0.1, 0.15) is 37.8 Å². The molecule has 3 unspecified atom stereocenters.